The number of nitrogens with zero attached hydrogens (tertiary/aromatic N) is 4. The molecule has 6 nitrogen and oxygen atoms in total. The van der Waals surface area contributed by atoms with Crippen molar-refractivity contribution in [3.05, 3.63) is 11.9 Å². The van der Waals surface area contributed by atoms with Gasteiger partial charge in [0.2, 0.25) is 5.91 Å². The second kappa shape index (κ2) is 5.77. The van der Waals surface area contributed by atoms with Crippen LogP contribution in [-0.4, -0.2) is 46.0 Å². The van der Waals surface area contributed by atoms with E-state index in [2.05, 4.69) is 10.3 Å². The Kier molecular flexibility index (Phi) is 4.08. The van der Waals surface area contributed by atoms with Crippen LogP contribution in [-0.2, 0) is 22.7 Å². The van der Waals surface area contributed by atoms with Crippen molar-refractivity contribution < 1.29 is 9.53 Å². The van der Waals surface area contributed by atoms with Gasteiger partial charge in [-0.3, -0.25) is 9.48 Å². The molecule has 0 N–H and O–H groups in total. The molecule has 0 aliphatic carbocycles. The summed E-state index contributed by atoms with van der Waals surface area (Å²) in [6.45, 7) is 2.62. The maximum absolute atomic E-state index is 11.7. The van der Waals surface area contributed by atoms with Gasteiger partial charge in [-0.25, -0.2) is 0 Å². The lowest BCUT2D eigenvalue weighted by molar-refractivity contribution is -0.130. The molecule has 1 amide bonds. The zero-order valence-corrected chi connectivity index (χ0v) is 10.1. The fourth-order valence-corrected chi connectivity index (χ4v) is 1.80. The monoisotopic (exact) mass is 238 g/mol. The third-order valence-corrected chi connectivity index (χ3v) is 2.82. The van der Waals surface area contributed by atoms with Crippen LogP contribution in [0.3, 0.4) is 0 Å². The number of carbonyl (C=O) groups excluding carboxylic acids is 1. The summed E-state index contributed by atoms with van der Waals surface area (Å²) in [5.74, 6) is 0.185. The molecule has 17 heavy (non-hydrogen) atoms. The molecule has 0 aromatic carbocycles. The van der Waals surface area contributed by atoms with E-state index in [0.717, 1.165) is 31.6 Å². The summed E-state index contributed by atoms with van der Waals surface area (Å²) in [6.07, 6.45) is 4.10. The van der Waals surface area contributed by atoms with Crippen molar-refractivity contribution in [3.8, 4) is 0 Å². The first-order valence-corrected chi connectivity index (χ1v) is 5.96. The Labute approximate surface area is 101 Å². The van der Waals surface area contributed by atoms with Crippen LogP contribution < -0.4 is 0 Å². The van der Waals surface area contributed by atoms with Crippen molar-refractivity contribution >= 4 is 5.91 Å². The van der Waals surface area contributed by atoms with Gasteiger partial charge in [0.15, 0.2) is 0 Å². The number of aromatic nitrogens is 3. The Morgan fingerprint density at radius 2 is 2.24 bits per heavy atom. The van der Waals surface area contributed by atoms with Gasteiger partial charge in [-0.05, 0) is 12.8 Å². The van der Waals surface area contributed by atoms with Crippen molar-refractivity contribution in [1.29, 1.82) is 0 Å². The van der Waals surface area contributed by atoms with Gasteiger partial charge in [0.05, 0.1) is 12.8 Å². The predicted octanol–water partition coefficient (Wildman–Crippen LogP) is 0.437. The number of fused-ring (bicyclic) bond motifs is 2. The second-order valence-corrected chi connectivity index (χ2v) is 4.30. The Balaban J connectivity index is 1.96. The normalized spacial score (nSPS) is 19.4. The standard InChI is InChI=1S/C11H18N4O2/c1-14-5-3-7-17-9-10-8-15(13-12-10)6-2-4-11(14)16/h8H,2-7,9H2,1H3. The molecule has 6 heteroatoms. The van der Waals surface area contributed by atoms with Crippen LogP contribution in [0.5, 0.6) is 0 Å². The summed E-state index contributed by atoms with van der Waals surface area (Å²) >= 11 is 0. The van der Waals surface area contributed by atoms with Crippen LogP contribution in [0.25, 0.3) is 0 Å². The first-order valence-electron chi connectivity index (χ1n) is 5.96. The largest absolute Gasteiger partial charge is 0.375 e. The molecule has 0 radical (unpaired) electrons. The van der Waals surface area contributed by atoms with Crippen LogP contribution in [0.1, 0.15) is 25.0 Å². The lowest BCUT2D eigenvalue weighted by atomic mass is 10.2. The number of carbonyl (C=O) groups is 1. The Morgan fingerprint density at radius 3 is 3.12 bits per heavy atom. The molecular weight excluding hydrogens is 220 g/mol. The molecule has 1 aromatic heterocycles. The molecule has 0 atom stereocenters. The van der Waals surface area contributed by atoms with Crippen molar-refractivity contribution in [3.63, 3.8) is 0 Å². The highest BCUT2D eigenvalue weighted by atomic mass is 16.5. The summed E-state index contributed by atoms with van der Waals surface area (Å²) in [6, 6.07) is 0. The minimum atomic E-state index is 0.185. The first-order chi connectivity index (χ1) is 8.25. The highest BCUT2D eigenvalue weighted by Crippen LogP contribution is 2.03. The third-order valence-electron chi connectivity index (χ3n) is 2.82. The minimum Gasteiger partial charge on any atom is -0.375 e. The van der Waals surface area contributed by atoms with E-state index in [9.17, 15) is 4.79 Å². The van der Waals surface area contributed by atoms with Crippen LogP contribution in [0, 0.1) is 0 Å². The molecule has 0 spiro atoms. The topological polar surface area (TPSA) is 60.2 Å². The van der Waals surface area contributed by atoms with E-state index in [4.69, 9.17) is 4.74 Å². The predicted molar refractivity (Wildman–Crippen MR) is 61.2 cm³/mol. The number of aryl methyl sites for hydroxylation is 1. The molecule has 1 aliphatic heterocycles. The van der Waals surface area contributed by atoms with Gasteiger partial charge >= 0.3 is 0 Å². The molecule has 0 saturated heterocycles. The zero-order chi connectivity index (χ0) is 12.1. The lowest BCUT2D eigenvalue weighted by Crippen LogP contribution is -2.28. The highest BCUT2D eigenvalue weighted by Gasteiger charge is 2.09. The number of hydrogen-bond acceptors (Lipinski definition) is 4. The molecule has 2 heterocycles. The summed E-state index contributed by atoms with van der Waals surface area (Å²) in [4.78, 5) is 13.5. The van der Waals surface area contributed by atoms with E-state index < -0.39 is 0 Å². The van der Waals surface area contributed by atoms with Crippen LogP contribution in [0.4, 0.5) is 0 Å². The number of amides is 1. The smallest absolute Gasteiger partial charge is 0.222 e. The van der Waals surface area contributed by atoms with Crippen molar-refractivity contribution in [2.45, 2.75) is 32.4 Å². The fourth-order valence-electron chi connectivity index (χ4n) is 1.80. The Morgan fingerprint density at radius 1 is 1.35 bits per heavy atom. The van der Waals surface area contributed by atoms with Crippen LogP contribution in [0.2, 0.25) is 0 Å². The van der Waals surface area contributed by atoms with E-state index in [1.807, 2.05) is 13.2 Å². The van der Waals surface area contributed by atoms with Crippen LogP contribution >= 0.6 is 0 Å². The molecule has 2 rings (SSSR count). The SMILES string of the molecule is CN1CCCOCc2cn(nn2)CCCC1=O. The minimum absolute atomic E-state index is 0.185. The number of rotatable bonds is 0. The average Bonchev–Trinajstić information content (AvgIpc) is 2.75. The summed E-state index contributed by atoms with van der Waals surface area (Å²) in [5, 5.41) is 8.00. The van der Waals surface area contributed by atoms with Gasteiger partial charge < -0.3 is 9.64 Å². The third kappa shape index (κ3) is 3.52. The average molecular weight is 238 g/mol. The van der Waals surface area contributed by atoms with Crippen molar-refractivity contribution in [1.82, 2.24) is 19.9 Å². The second-order valence-electron chi connectivity index (χ2n) is 4.30. The fraction of sp³-hybridized carbons (Fsp3) is 0.727. The molecule has 94 valence electrons. The Hall–Kier alpha value is -1.43. The van der Waals surface area contributed by atoms with E-state index >= 15 is 0 Å². The lowest BCUT2D eigenvalue weighted by Gasteiger charge is -2.16. The quantitative estimate of drug-likeness (QED) is 0.658. The van der Waals surface area contributed by atoms with Crippen molar-refractivity contribution in [2.75, 3.05) is 20.2 Å². The van der Waals surface area contributed by atoms with E-state index in [-0.39, 0.29) is 5.91 Å². The van der Waals surface area contributed by atoms with Gasteiger partial charge in [0.1, 0.15) is 5.69 Å². The Bertz CT molecular complexity index is 377. The van der Waals surface area contributed by atoms with Crippen molar-refractivity contribution in [2.24, 2.45) is 0 Å². The zero-order valence-electron chi connectivity index (χ0n) is 10.1. The molecule has 0 unspecified atom stereocenters. The van der Waals surface area contributed by atoms with Gasteiger partial charge in [0, 0.05) is 33.2 Å². The van der Waals surface area contributed by atoms with E-state index in [1.165, 1.54) is 0 Å². The summed E-state index contributed by atoms with van der Waals surface area (Å²) in [5.41, 5.74) is 0.851. The summed E-state index contributed by atoms with van der Waals surface area (Å²) < 4.78 is 7.24. The van der Waals surface area contributed by atoms with Gasteiger partial charge in [-0.1, -0.05) is 5.21 Å². The highest BCUT2D eigenvalue weighted by molar-refractivity contribution is 5.75. The maximum atomic E-state index is 11.7. The number of ether oxygens (including phenoxy) is 1. The van der Waals surface area contributed by atoms with E-state index in [1.54, 1.807) is 9.58 Å². The molecule has 1 aromatic rings. The van der Waals surface area contributed by atoms with Crippen LogP contribution in [0.15, 0.2) is 6.20 Å². The van der Waals surface area contributed by atoms with Gasteiger partial charge in [-0.15, -0.1) is 5.10 Å². The first kappa shape index (κ1) is 12.0. The molecule has 0 saturated carbocycles. The molecule has 0 fully saturated rings. The number of hydrogen-bond donors (Lipinski definition) is 0. The van der Waals surface area contributed by atoms with Gasteiger partial charge in [0.25, 0.3) is 0 Å². The molecular formula is C11H18N4O2. The van der Waals surface area contributed by atoms with E-state index in [0.29, 0.717) is 19.6 Å². The maximum Gasteiger partial charge on any atom is 0.222 e. The molecule has 2 bridgehead atoms. The van der Waals surface area contributed by atoms with Gasteiger partial charge in [-0.2, -0.15) is 0 Å². The molecule has 1 aliphatic rings. The summed E-state index contributed by atoms with van der Waals surface area (Å²) in [7, 11) is 1.84.